The molecule has 5 aromatic rings. The molecule has 0 bridgehead atoms. The Morgan fingerprint density at radius 3 is 2.24 bits per heavy atom. The summed E-state index contributed by atoms with van der Waals surface area (Å²) < 4.78 is 7.01. The van der Waals surface area contributed by atoms with Gasteiger partial charge in [0.25, 0.3) is 11.7 Å². The van der Waals surface area contributed by atoms with Gasteiger partial charge in [-0.05, 0) is 53.5 Å². The lowest BCUT2D eigenvalue weighted by atomic mass is 9.86. The fourth-order valence-corrected chi connectivity index (χ4v) is 6.18. The number of nitrogens with zero attached hydrogens (tertiary/aromatic N) is 5. The maximum atomic E-state index is 13.6. The van der Waals surface area contributed by atoms with Crippen molar-refractivity contribution in [1.29, 1.82) is 0 Å². The number of amides is 1. The summed E-state index contributed by atoms with van der Waals surface area (Å²) in [5.74, 6) is -0.232. The number of methoxy groups -OCH3 is 1. The number of nitrogens with one attached hydrogen (secondary N) is 1. The van der Waals surface area contributed by atoms with Crippen LogP contribution >= 0.6 is 0 Å². The fraction of sp³-hybridized carbons (Fsp3) is 0.219. The maximum absolute atomic E-state index is 13.6. The zero-order valence-electron chi connectivity index (χ0n) is 22.6. The monoisotopic (exact) mass is 544 g/mol. The standard InChI is InChI=1S/C32H28N6O3/c1-41-26-17-35-31(38-19-33-18-36-38)29-28(26)25(16-34-29)30(39)32(40)37-14-12-22(13-15-37)27-23-8-4-2-6-20(23)10-11-21-7-3-5-9-24(21)27/h2-9,16-19,34H,10-15H2,1H3. The number of hydrogen-bond donors (Lipinski definition) is 1. The van der Waals surface area contributed by atoms with Crippen molar-refractivity contribution < 1.29 is 14.3 Å². The van der Waals surface area contributed by atoms with E-state index in [1.54, 1.807) is 11.1 Å². The van der Waals surface area contributed by atoms with Crippen molar-refractivity contribution in [2.24, 2.45) is 0 Å². The van der Waals surface area contributed by atoms with Crippen LogP contribution in [0.25, 0.3) is 22.3 Å². The molecule has 9 nitrogen and oxygen atoms in total. The lowest BCUT2D eigenvalue weighted by Crippen LogP contribution is -2.40. The number of hydrogen-bond acceptors (Lipinski definition) is 6. The molecule has 1 N–H and O–H groups in total. The molecule has 9 heteroatoms. The number of ether oxygens (including phenoxy) is 1. The molecule has 0 unspecified atom stereocenters. The van der Waals surface area contributed by atoms with Crippen molar-refractivity contribution >= 4 is 28.2 Å². The Kier molecular flexibility index (Phi) is 6.19. The molecule has 0 atom stereocenters. The van der Waals surface area contributed by atoms with E-state index in [0.717, 1.165) is 12.8 Å². The van der Waals surface area contributed by atoms with Gasteiger partial charge in [-0.25, -0.2) is 14.6 Å². The Bertz CT molecular complexity index is 1780. The van der Waals surface area contributed by atoms with Gasteiger partial charge in [0, 0.05) is 19.3 Å². The largest absolute Gasteiger partial charge is 0.494 e. The quantitative estimate of drug-likeness (QED) is 0.263. The van der Waals surface area contributed by atoms with E-state index in [4.69, 9.17) is 4.74 Å². The van der Waals surface area contributed by atoms with Crippen molar-refractivity contribution in [2.75, 3.05) is 20.2 Å². The average Bonchev–Trinajstić information content (AvgIpc) is 3.69. The number of aryl methyl sites for hydroxylation is 2. The summed E-state index contributed by atoms with van der Waals surface area (Å²) in [4.78, 5) is 40.3. The number of piperidine rings is 1. The van der Waals surface area contributed by atoms with Crippen molar-refractivity contribution in [3.63, 3.8) is 0 Å². The first kappa shape index (κ1) is 25.0. The second-order valence-electron chi connectivity index (χ2n) is 10.4. The van der Waals surface area contributed by atoms with E-state index in [9.17, 15) is 9.59 Å². The molecule has 1 aliphatic heterocycles. The van der Waals surface area contributed by atoms with Crippen LogP contribution in [0.5, 0.6) is 5.75 Å². The Balaban J connectivity index is 1.19. The third-order valence-electron chi connectivity index (χ3n) is 8.19. The topological polar surface area (TPSA) is 106 Å². The minimum Gasteiger partial charge on any atom is -0.494 e. The Hall–Kier alpha value is -5.05. The number of likely N-dealkylation sites (tertiary alicyclic amines) is 1. The Morgan fingerprint density at radius 1 is 0.927 bits per heavy atom. The molecular weight excluding hydrogens is 516 g/mol. The van der Waals surface area contributed by atoms with Crippen molar-refractivity contribution in [2.45, 2.75) is 25.7 Å². The minimum atomic E-state index is -0.577. The number of H-pyrrole nitrogens is 1. The highest BCUT2D eigenvalue weighted by atomic mass is 16.5. The number of fused-ring (bicyclic) bond motifs is 3. The van der Waals surface area contributed by atoms with Crippen LogP contribution in [0.4, 0.5) is 0 Å². The average molecular weight is 545 g/mol. The smallest absolute Gasteiger partial charge is 0.295 e. The highest BCUT2D eigenvalue weighted by Crippen LogP contribution is 2.39. The maximum Gasteiger partial charge on any atom is 0.295 e. The van der Waals surface area contributed by atoms with Gasteiger partial charge in [0.1, 0.15) is 18.4 Å². The van der Waals surface area contributed by atoms with Gasteiger partial charge in [0.15, 0.2) is 5.82 Å². The molecule has 0 saturated carbocycles. The van der Waals surface area contributed by atoms with Gasteiger partial charge in [-0.15, -0.1) is 0 Å². The van der Waals surface area contributed by atoms with E-state index >= 15 is 0 Å². The highest BCUT2D eigenvalue weighted by Gasteiger charge is 2.31. The fourth-order valence-electron chi connectivity index (χ4n) is 6.18. The summed E-state index contributed by atoms with van der Waals surface area (Å²) in [5, 5.41) is 4.65. The van der Waals surface area contributed by atoms with Crippen LogP contribution in [-0.4, -0.2) is 61.5 Å². The first-order chi connectivity index (χ1) is 20.1. The first-order valence-corrected chi connectivity index (χ1v) is 13.7. The van der Waals surface area contributed by atoms with E-state index in [2.05, 4.69) is 68.6 Å². The molecule has 1 amide bonds. The highest BCUT2D eigenvalue weighted by molar-refractivity contribution is 6.45. The summed E-state index contributed by atoms with van der Waals surface area (Å²) in [6, 6.07) is 17.3. The van der Waals surface area contributed by atoms with Crippen molar-refractivity contribution in [1.82, 2.24) is 29.6 Å². The van der Waals surface area contributed by atoms with E-state index in [1.807, 2.05) is 0 Å². The number of Topliss-reactive ketones (excluding diaryl/α,β-unsaturated/α-hetero) is 1. The molecule has 2 aromatic carbocycles. The second-order valence-corrected chi connectivity index (χ2v) is 10.4. The summed E-state index contributed by atoms with van der Waals surface area (Å²) in [5.41, 5.74) is 8.70. The molecule has 4 heterocycles. The molecular formula is C32H28N6O3. The summed E-state index contributed by atoms with van der Waals surface area (Å²) in [6.45, 7) is 0.970. The predicted molar refractivity (Wildman–Crippen MR) is 154 cm³/mol. The molecule has 1 saturated heterocycles. The van der Waals surface area contributed by atoms with Crippen molar-refractivity contribution in [3.8, 4) is 11.6 Å². The SMILES string of the molecule is COc1cnc(-n2cncn2)c2[nH]cc(C(=O)C(=O)N3CCC(=C4c5ccccc5CCc5ccccc54)CC3)c12. The van der Waals surface area contributed by atoms with Crippen LogP contribution in [0, 0.1) is 0 Å². The van der Waals surface area contributed by atoms with Crippen molar-refractivity contribution in [3.05, 3.63) is 107 Å². The van der Waals surface area contributed by atoms with Gasteiger partial charge in [-0.1, -0.05) is 54.1 Å². The van der Waals surface area contributed by atoms with Gasteiger partial charge < -0.3 is 14.6 Å². The van der Waals surface area contributed by atoms with Gasteiger partial charge in [-0.2, -0.15) is 5.10 Å². The summed E-state index contributed by atoms with van der Waals surface area (Å²) in [7, 11) is 1.51. The first-order valence-electron chi connectivity index (χ1n) is 13.7. The summed E-state index contributed by atoms with van der Waals surface area (Å²) >= 11 is 0. The van der Waals surface area contributed by atoms with Crippen LogP contribution in [0.15, 0.2) is 79.2 Å². The van der Waals surface area contributed by atoms with Crippen LogP contribution < -0.4 is 4.74 Å². The number of pyridine rings is 1. The molecule has 0 radical (unpaired) electrons. The van der Waals surface area contributed by atoms with Crippen LogP contribution in [0.2, 0.25) is 0 Å². The zero-order valence-corrected chi connectivity index (χ0v) is 22.6. The Morgan fingerprint density at radius 2 is 1.61 bits per heavy atom. The number of aromatic amines is 1. The van der Waals surface area contributed by atoms with Gasteiger partial charge in [0.05, 0.1) is 29.8 Å². The molecule has 7 rings (SSSR count). The third-order valence-corrected chi connectivity index (χ3v) is 8.19. The van der Waals surface area contributed by atoms with Crippen LogP contribution in [0.1, 0.15) is 45.5 Å². The van der Waals surface area contributed by atoms with Crippen LogP contribution in [-0.2, 0) is 17.6 Å². The number of benzene rings is 2. The third kappa shape index (κ3) is 4.21. The molecule has 2 aliphatic rings. The molecule has 204 valence electrons. The molecule has 0 spiro atoms. The molecule has 1 aliphatic carbocycles. The van der Waals surface area contributed by atoms with E-state index in [0.29, 0.717) is 48.4 Å². The van der Waals surface area contributed by atoms with Gasteiger partial charge in [0.2, 0.25) is 0 Å². The normalized spacial score (nSPS) is 14.9. The number of aromatic nitrogens is 5. The lowest BCUT2D eigenvalue weighted by molar-refractivity contribution is -0.126. The zero-order chi connectivity index (χ0) is 27.9. The van der Waals surface area contributed by atoms with E-state index < -0.39 is 11.7 Å². The molecule has 41 heavy (non-hydrogen) atoms. The second kappa shape index (κ2) is 10.2. The number of carbonyl (C=O) groups is 2. The minimum absolute atomic E-state index is 0.251. The summed E-state index contributed by atoms with van der Waals surface area (Å²) in [6.07, 6.45) is 9.44. The number of carbonyl (C=O) groups excluding carboxylic acids is 2. The van der Waals surface area contributed by atoms with E-state index in [-0.39, 0.29) is 5.56 Å². The van der Waals surface area contributed by atoms with E-state index in [1.165, 1.54) is 64.0 Å². The number of ketones is 1. The number of rotatable bonds is 4. The molecule has 3 aromatic heterocycles. The van der Waals surface area contributed by atoms with Gasteiger partial charge in [-0.3, -0.25) is 9.59 Å². The van der Waals surface area contributed by atoms with Crippen LogP contribution in [0.3, 0.4) is 0 Å². The lowest BCUT2D eigenvalue weighted by Gasteiger charge is -2.30. The van der Waals surface area contributed by atoms with Gasteiger partial charge >= 0.3 is 0 Å². The Labute approximate surface area is 236 Å². The molecule has 1 fully saturated rings. The predicted octanol–water partition coefficient (Wildman–Crippen LogP) is 4.56.